The summed E-state index contributed by atoms with van der Waals surface area (Å²) < 4.78 is 5.50. The standard InChI is InChI=1S/C15H22N2O2/c1-11-13(7-9-19-11)10-17-15(18)14-5-3-2-4-12(14)6-8-16/h2-5,11,13H,6-10,16H2,1H3,(H,17,18). The molecular weight excluding hydrogens is 240 g/mol. The van der Waals surface area contributed by atoms with Crippen molar-refractivity contribution in [3.05, 3.63) is 35.4 Å². The van der Waals surface area contributed by atoms with Gasteiger partial charge >= 0.3 is 0 Å². The second-order valence-corrected chi connectivity index (χ2v) is 5.03. The van der Waals surface area contributed by atoms with E-state index in [0.29, 0.717) is 19.0 Å². The quantitative estimate of drug-likeness (QED) is 0.841. The molecule has 2 rings (SSSR count). The van der Waals surface area contributed by atoms with Gasteiger partial charge in [0.2, 0.25) is 0 Å². The molecule has 1 aromatic rings. The van der Waals surface area contributed by atoms with Crippen LogP contribution in [0.1, 0.15) is 29.3 Å². The maximum atomic E-state index is 12.2. The third-order valence-corrected chi connectivity index (χ3v) is 3.73. The van der Waals surface area contributed by atoms with Crippen molar-refractivity contribution in [3.8, 4) is 0 Å². The molecule has 1 fully saturated rings. The van der Waals surface area contributed by atoms with Gasteiger partial charge in [-0.2, -0.15) is 0 Å². The number of rotatable bonds is 5. The highest BCUT2D eigenvalue weighted by Gasteiger charge is 2.24. The van der Waals surface area contributed by atoms with Crippen molar-refractivity contribution in [2.24, 2.45) is 11.7 Å². The second kappa shape index (κ2) is 6.68. The lowest BCUT2D eigenvalue weighted by molar-refractivity contribution is 0.0906. The molecule has 1 aliphatic heterocycles. The van der Waals surface area contributed by atoms with Crippen molar-refractivity contribution >= 4 is 5.91 Å². The van der Waals surface area contributed by atoms with E-state index in [1.54, 1.807) is 0 Å². The van der Waals surface area contributed by atoms with Gasteiger partial charge in [0.15, 0.2) is 0 Å². The molecule has 4 nitrogen and oxygen atoms in total. The SMILES string of the molecule is CC1OCCC1CNC(=O)c1ccccc1CCN. The Morgan fingerprint density at radius 1 is 1.47 bits per heavy atom. The Balaban J connectivity index is 1.95. The molecule has 2 atom stereocenters. The summed E-state index contributed by atoms with van der Waals surface area (Å²) in [7, 11) is 0. The molecule has 0 saturated carbocycles. The number of hydrogen-bond donors (Lipinski definition) is 2. The Morgan fingerprint density at radius 3 is 2.95 bits per heavy atom. The van der Waals surface area contributed by atoms with Crippen LogP contribution in [0, 0.1) is 5.92 Å². The molecule has 2 unspecified atom stereocenters. The van der Waals surface area contributed by atoms with Gasteiger partial charge in [0.1, 0.15) is 0 Å². The van der Waals surface area contributed by atoms with Crippen LogP contribution in [0.25, 0.3) is 0 Å². The lowest BCUT2D eigenvalue weighted by atomic mass is 10.0. The van der Waals surface area contributed by atoms with Gasteiger partial charge in [0.05, 0.1) is 6.10 Å². The van der Waals surface area contributed by atoms with Crippen molar-refractivity contribution in [1.29, 1.82) is 0 Å². The largest absolute Gasteiger partial charge is 0.378 e. The van der Waals surface area contributed by atoms with Crippen molar-refractivity contribution in [2.45, 2.75) is 25.9 Å². The minimum Gasteiger partial charge on any atom is -0.378 e. The highest BCUT2D eigenvalue weighted by molar-refractivity contribution is 5.95. The van der Waals surface area contributed by atoms with Crippen molar-refractivity contribution in [2.75, 3.05) is 19.7 Å². The fraction of sp³-hybridized carbons (Fsp3) is 0.533. The lowest BCUT2D eigenvalue weighted by Gasteiger charge is -2.15. The van der Waals surface area contributed by atoms with Crippen LogP contribution in [0.4, 0.5) is 0 Å². The van der Waals surface area contributed by atoms with Gasteiger partial charge in [-0.25, -0.2) is 0 Å². The van der Waals surface area contributed by atoms with E-state index in [9.17, 15) is 4.79 Å². The van der Waals surface area contributed by atoms with E-state index in [0.717, 1.165) is 30.6 Å². The zero-order valence-electron chi connectivity index (χ0n) is 11.4. The summed E-state index contributed by atoms with van der Waals surface area (Å²) in [4.78, 5) is 12.2. The molecule has 0 bridgehead atoms. The van der Waals surface area contributed by atoms with E-state index in [2.05, 4.69) is 12.2 Å². The molecule has 1 aliphatic rings. The molecule has 19 heavy (non-hydrogen) atoms. The number of amides is 1. The van der Waals surface area contributed by atoms with E-state index >= 15 is 0 Å². The Kier molecular flexibility index (Phi) is 4.93. The molecule has 0 spiro atoms. The summed E-state index contributed by atoms with van der Waals surface area (Å²) >= 11 is 0. The summed E-state index contributed by atoms with van der Waals surface area (Å²) in [6.45, 7) is 4.09. The van der Waals surface area contributed by atoms with Gasteiger partial charge in [0.25, 0.3) is 5.91 Å². The van der Waals surface area contributed by atoms with Crippen molar-refractivity contribution in [1.82, 2.24) is 5.32 Å². The van der Waals surface area contributed by atoms with Crippen LogP contribution < -0.4 is 11.1 Å². The highest BCUT2D eigenvalue weighted by atomic mass is 16.5. The predicted octanol–water partition coefficient (Wildman–Crippen LogP) is 1.34. The highest BCUT2D eigenvalue weighted by Crippen LogP contribution is 2.19. The molecule has 0 aliphatic carbocycles. The van der Waals surface area contributed by atoms with Gasteiger partial charge < -0.3 is 15.8 Å². The fourth-order valence-corrected chi connectivity index (χ4v) is 2.48. The number of nitrogens with one attached hydrogen (secondary N) is 1. The smallest absolute Gasteiger partial charge is 0.251 e. The first-order chi connectivity index (χ1) is 9.22. The Bertz CT molecular complexity index is 434. The topological polar surface area (TPSA) is 64.3 Å². The summed E-state index contributed by atoms with van der Waals surface area (Å²) in [5.74, 6) is 0.411. The number of nitrogens with two attached hydrogens (primary N) is 1. The van der Waals surface area contributed by atoms with Crippen LogP contribution in [0.2, 0.25) is 0 Å². The number of carbonyl (C=O) groups excluding carboxylic acids is 1. The van der Waals surface area contributed by atoms with E-state index in [1.807, 2.05) is 24.3 Å². The molecule has 0 aromatic heterocycles. The van der Waals surface area contributed by atoms with Crippen LogP contribution in [0.15, 0.2) is 24.3 Å². The van der Waals surface area contributed by atoms with E-state index < -0.39 is 0 Å². The molecule has 3 N–H and O–H groups in total. The summed E-state index contributed by atoms with van der Waals surface area (Å²) in [6.07, 6.45) is 1.98. The maximum absolute atomic E-state index is 12.2. The van der Waals surface area contributed by atoms with Crippen LogP contribution in [0.3, 0.4) is 0 Å². The van der Waals surface area contributed by atoms with Crippen LogP contribution in [-0.2, 0) is 11.2 Å². The maximum Gasteiger partial charge on any atom is 0.251 e. The normalized spacial score (nSPS) is 22.4. The van der Waals surface area contributed by atoms with Crippen LogP contribution >= 0.6 is 0 Å². The molecular formula is C15H22N2O2. The van der Waals surface area contributed by atoms with E-state index in [1.165, 1.54) is 0 Å². The fourth-order valence-electron chi connectivity index (χ4n) is 2.48. The first kappa shape index (κ1) is 14.0. The average Bonchev–Trinajstić information content (AvgIpc) is 2.82. The van der Waals surface area contributed by atoms with Gasteiger partial charge in [-0.05, 0) is 37.9 Å². The van der Waals surface area contributed by atoms with Crippen molar-refractivity contribution in [3.63, 3.8) is 0 Å². The van der Waals surface area contributed by atoms with Gasteiger partial charge in [0, 0.05) is 24.6 Å². The van der Waals surface area contributed by atoms with Crippen molar-refractivity contribution < 1.29 is 9.53 Å². The average molecular weight is 262 g/mol. The van der Waals surface area contributed by atoms with E-state index in [4.69, 9.17) is 10.5 Å². The first-order valence-electron chi connectivity index (χ1n) is 6.90. The molecule has 104 valence electrons. The number of benzene rings is 1. The Labute approximate surface area is 114 Å². The monoisotopic (exact) mass is 262 g/mol. The zero-order valence-corrected chi connectivity index (χ0v) is 11.4. The minimum absolute atomic E-state index is 0.0110. The minimum atomic E-state index is -0.0110. The van der Waals surface area contributed by atoms with Gasteiger partial charge in [-0.1, -0.05) is 18.2 Å². The molecule has 1 amide bonds. The van der Waals surface area contributed by atoms with Gasteiger partial charge in [-0.3, -0.25) is 4.79 Å². The summed E-state index contributed by atoms with van der Waals surface area (Å²) in [5.41, 5.74) is 7.32. The molecule has 1 saturated heterocycles. The second-order valence-electron chi connectivity index (χ2n) is 5.03. The summed E-state index contributed by atoms with van der Waals surface area (Å²) in [6, 6.07) is 7.64. The van der Waals surface area contributed by atoms with Gasteiger partial charge in [-0.15, -0.1) is 0 Å². The molecule has 0 radical (unpaired) electrons. The number of ether oxygens (including phenoxy) is 1. The summed E-state index contributed by atoms with van der Waals surface area (Å²) in [5, 5.41) is 3.01. The molecule has 1 heterocycles. The Hall–Kier alpha value is -1.39. The van der Waals surface area contributed by atoms with E-state index in [-0.39, 0.29) is 12.0 Å². The number of carbonyl (C=O) groups is 1. The van der Waals surface area contributed by atoms with Crippen LogP contribution in [0.5, 0.6) is 0 Å². The predicted molar refractivity (Wildman–Crippen MR) is 75.1 cm³/mol. The number of hydrogen-bond acceptors (Lipinski definition) is 3. The zero-order chi connectivity index (χ0) is 13.7. The molecule has 4 heteroatoms. The first-order valence-corrected chi connectivity index (χ1v) is 6.90. The third kappa shape index (κ3) is 3.55. The Morgan fingerprint density at radius 2 is 2.26 bits per heavy atom. The third-order valence-electron chi connectivity index (χ3n) is 3.73. The van der Waals surface area contributed by atoms with Crippen LogP contribution in [-0.4, -0.2) is 31.7 Å². The lowest BCUT2D eigenvalue weighted by Crippen LogP contribution is -2.32. The molecule has 1 aromatic carbocycles.